The number of aromatic amines is 1. The predicted molar refractivity (Wildman–Crippen MR) is 122 cm³/mol. The minimum absolute atomic E-state index is 0.0335. The zero-order valence-electron chi connectivity index (χ0n) is 19.9. The highest BCUT2D eigenvalue weighted by atomic mass is 19.4. The molecule has 15 heteroatoms. The standard InChI is InChI=1S/C23H24F6N6O3/c24-22(25,26)15-3-4-17(31-11-15)34-5-7-35(8-6-34)18(36)9-13-1-2-14(20(13)37)10-30-16-12-32-33-21(38)19(16)23(27,28)29/h3-4,11-14H,1-2,5-10H2,(H2,30,33,38)/t13-,14+/m1/s1. The quantitative estimate of drug-likeness (QED) is 0.536. The summed E-state index contributed by atoms with van der Waals surface area (Å²) < 4.78 is 77.8. The molecule has 2 atom stereocenters. The number of rotatable bonds is 6. The Balaban J connectivity index is 1.27. The third kappa shape index (κ3) is 6.07. The van der Waals surface area contributed by atoms with E-state index in [1.54, 1.807) is 14.9 Å². The summed E-state index contributed by atoms with van der Waals surface area (Å²) in [5, 5.41) is 7.63. The second kappa shape index (κ2) is 10.6. The van der Waals surface area contributed by atoms with Crippen molar-refractivity contribution in [2.45, 2.75) is 31.6 Å². The summed E-state index contributed by atoms with van der Waals surface area (Å²) in [6, 6.07) is 2.23. The zero-order chi connectivity index (χ0) is 27.7. The van der Waals surface area contributed by atoms with Gasteiger partial charge in [-0.15, -0.1) is 0 Å². The van der Waals surface area contributed by atoms with Crippen LogP contribution >= 0.6 is 0 Å². The van der Waals surface area contributed by atoms with Gasteiger partial charge in [-0.1, -0.05) is 0 Å². The molecular weight excluding hydrogens is 522 g/mol. The average molecular weight is 546 g/mol. The maximum atomic E-state index is 13.2. The van der Waals surface area contributed by atoms with Gasteiger partial charge < -0.3 is 15.1 Å². The van der Waals surface area contributed by atoms with E-state index < -0.39 is 46.6 Å². The highest BCUT2D eigenvalue weighted by Gasteiger charge is 2.39. The van der Waals surface area contributed by atoms with Crippen LogP contribution in [0.3, 0.4) is 0 Å². The van der Waals surface area contributed by atoms with Gasteiger partial charge in [-0.3, -0.25) is 14.4 Å². The maximum absolute atomic E-state index is 13.2. The summed E-state index contributed by atoms with van der Waals surface area (Å²) in [5.74, 6) is -1.28. The van der Waals surface area contributed by atoms with E-state index in [-0.39, 0.29) is 24.7 Å². The number of piperazine rings is 1. The molecule has 2 aliphatic rings. The third-order valence-corrected chi connectivity index (χ3v) is 6.80. The molecule has 3 heterocycles. The van der Waals surface area contributed by atoms with Crippen molar-refractivity contribution in [3.8, 4) is 0 Å². The van der Waals surface area contributed by atoms with Gasteiger partial charge in [0, 0.05) is 57.2 Å². The van der Waals surface area contributed by atoms with Crippen LogP contribution in [-0.4, -0.2) is 64.5 Å². The van der Waals surface area contributed by atoms with Gasteiger partial charge in [0.25, 0.3) is 5.56 Å². The minimum atomic E-state index is -4.90. The lowest BCUT2D eigenvalue weighted by Crippen LogP contribution is -2.49. The number of halogens is 6. The van der Waals surface area contributed by atoms with Crippen LogP contribution in [0.2, 0.25) is 0 Å². The average Bonchev–Trinajstić information content (AvgIpc) is 3.20. The van der Waals surface area contributed by atoms with Crippen LogP contribution in [0.15, 0.2) is 29.3 Å². The summed E-state index contributed by atoms with van der Waals surface area (Å²) in [5.41, 5.74) is -4.18. The monoisotopic (exact) mass is 546 g/mol. The maximum Gasteiger partial charge on any atom is 0.423 e. The van der Waals surface area contributed by atoms with E-state index in [1.807, 2.05) is 0 Å². The molecule has 1 aliphatic carbocycles. The number of hydrogen-bond acceptors (Lipinski definition) is 7. The molecule has 1 saturated carbocycles. The van der Waals surface area contributed by atoms with Crippen molar-refractivity contribution in [2.24, 2.45) is 11.8 Å². The van der Waals surface area contributed by atoms with Crippen molar-refractivity contribution in [1.29, 1.82) is 0 Å². The van der Waals surface area contributed by atoms with Crippen LogP contribution in [0.4, 0.5) is 37.8 Å². The first kappa shape index (κ1) is 27.4. The smallest absolute Gasteiger partial charge is 0.382 e. The summed E-state index contributed by atoms with van der Waals surface area (Å²) in [7, 11) is 0. The Morgan fingerprint density at radius 2 is 1.66 bits per heavy atom. The SMILES string of the molecule is O=C1[C@@H](CC(=O)N2CCN(c3ccc(C(F)(F)F)cn3)CC2)CC[C@H]1CNc1cn[nH]c(=O)c1C(F)(F)F. The van der Waals surface area contributed by atoms with Crippen molar-refractivity contribution in [3.63, 3.8) is 0 Å². The van der Waals surface area contributed by atoms with Gasteiger partial charge in [0.05, 0.1) is 17.4 Å². The minimum Gasteiger partial charge on any atom is -0.382 e. The number of alkyl halides is 6. The fourth-order valence-electron chi connectivity index (χ4n) is 4.74. The number of hydrogen-bond donors (Lipinski definition) is 2. The van der Waals surface area contributed by atoms with E-state index in [1.165, 1.54) is 6.07 Å². The fourth-order valence-corrected chi connectivity index (χ4v) is 4.74. The molecule has 2 aromatic rings. The van der Waals surface area contributed by atoms with E-state index >= 15 is 0 Å². The number of carbonyl (C=O) groups excluding carboxylic acids is 2. The first-order valence-electron chi connectivity index (χ1n) is 11.8. The number of ketones is 1. The molecule has 2 fully saturated rings. The van der Waals surface area contributed by atoms with Gasteiger partial charge in [-0.2, -0.15) is 31.4 Å². The van der Waals surface area contributed by atoms with Gasteiger partial charge in [0.15, 0.2) is 0 Å². The number of aromatic nitrogens is 3. The zero-order valence-corrected chi connectivity index (χ0v) is 19.9. The number of carbonyl (C=O) groups is 2. The Bertz CT molecular complexity index is 1220. The van der Waals surface area contributed by atoms with Crippen LogP contribution in [-0.2, 0) is 21.9 Å². The van der Waals surface area contributed by atoms with E-state index in [0.717, 1.165) is 18.5 Å². The summed E-state index contributed by atoms with van der Waals surface area (Å²) in [6.07, 6.45) is -7.02. The van der Waals surface area contributed by atoms with Gasteiger partial charge >= 0.3 is 12.4 Å². The predicted octanol–water partition coefficient (Wildman–Crippen LogP) is 2.95. The Kier molecular flexibility index (Phi) is 7.65. The topological polar surface area (TPSA) is 111 Å². The van der Waals surface area contributed by atoms with Crippen molar-refractivity contribution in [3.05, 3.63) is 46.0 Å². The molecule has 1 amide bonds. The Morgan fingerprint density at radius 1 is 0.974 bits per heavy atom. The molecule has 0 unspecified atom stereocenters. The van der Waals surface area contributed by atoms with Gasteiger partial charge in [-0.25, -0.2) is 10.1 Å². The molecule has 2 N–H and O–H groups in total. The van der Waals surface area contributed by atoms with Crippen molar-refractivity contribution >= 4 is 23.2 Å². The Morgan fingerprint density at radius 3 is 2.26 bits per heavy atom. The molecular formula is C23H24F6N6O3. The van der Waals surface area contributed by atoms with Crippen molar-refractivity contribution in [1.82, 2.24) is 20.1 Å². The highest BCUT2D eigenvalue weighted by molar-refractivity contribution is 5.90. The third-order valence-electron chi connectivity index (χ3n) is 6.80. The molecule has 4 rings (SSSR count). The molecule has 2 aromatic heterocycles. The Hall–Kier alpha value is -3.65. The van der Waals surface area contributed by atoms with Crippen LogP contribution in [0.1, 0.15) is 30.4 Å². The molecule has 0 radical (unpaired) electrons. The number of nitrogens with zero attached hydrogens (tertiary/aromatic N) is 4. The molecule has 1 saturated heterocycles. The van der Waals surface area contributed by atoms with Crippen LogP contribution in [0, 0.1) is 11.8 Å². The molecule has 0 aromatic carbocycles. The fraction of sp³-hybridized carbons (Fsp3) is 0.522. The van der Waals surface area contributed by atoms with E-state index in [0.29, 0.717) is 44.8 Å². The largest absolute Gasteiger partial charge is 0.423 e. The summed E-state index contributed by atoms with van der Waals surface area (Å²) in [6.45, 7) is 1.21. The Labute approximate surface area is 212 Å². The van der Waals surface area contributed by atoms with E-state index in [4.69, 9.17) is 0 Å². The lowest BCUT2D eigenvalue weighted by Gasteiger charge is -2.35. The number of amides is 1. The van der Waals surface area contributed by atoms with Crippen LogP contribution in [0.25, 0.3) is 0 Å². The number of pyridine rings is 1. The summed E-state index contributed by atoms with van der Waals surface area (Å²) >= 11 is 0. The first-order chi connectivity index (χ1) is 17.8. The van der Waals surface area contributed by atoms with E-state index in [9.17, 15) is 40.7 Å². The lowest BCUT2D eigenvalue weighted by atomic mass is 9.98. The summed E-state index contributed by atoms with van der Waals surface area (Å²) in [4.78, 5) is 44.4. The van der Waals surface area contributed by atoms with Crippen LogP contribution in [0.5, 0.6) is 0 Å². The number of nitrogens with one attached hydrogen (secondary N) is 2. The molecule has 9 nitrogen and oxygen atoms in total. The number of H-pyrrole nitrogens is 1. The van der Waals surface area contributed by atoms with Gasteiger partial charge in [-0.05, 0) is 25.0 Å². The highest BCUT2D eigenvalue weighted by Crippen LogP contribution is 2.34. The molecule has 1 aliphatic heterocycles. The molecule has 0 bridgehead atoms. The second-order valence-corrected chi connectivity index (χ2v) is 9.21. The van der Waals surface area contributed by atoms with Gasteiger partial charge in [0.1, 0.15) is 17.2 Å². The first-order valence-corrected chi connectivity index (χ1v) is 11.8. The molecule has 206 valence electrons. The normalized spacial score (nSPS) is 20.6. The second-order valence-electron chi connectivity index (χ2n) is 9.21. The van der Waals surface area contributed by atoms with Gasteiger partial charge in [0.2, 0.25) is 5.91 Å². The van der Waals surface area contributed by atoms with E-state index in [2.05, 4.69) is 15.4 Å². The lowest BCUT2D eigenvalue weighted by molar-refractivity contribution is -0.138. The number of anilines is 2. The molecule has 38 heavy (non-hydrogen) atoms. The van der Waals surface area contributed by atoms with Crippen molar-refractivity contribution in [2.75, 3.05) is 42.9 Å². The molecule has 0 spiro atoms. The number of Topliss-reactive ketones (excluding diaryl/α,β-unsaturated/α-hetero) is 1. The van der Waals surface area contributed by atoms with Crippen molar-refractivity contribution < 1.29 is 35.9 Å². The van der Waals surface area contributed by atoms with Crippen LogP contribution < -0.4 is 15.8 Å².